The standard InChI is InChI=1S/C22H38O8/c1-3-4-5-6-7-8-9-10-11-12-13-14-15-29-20(26)17-22(21(27)28,16-19(24)25)30-18(2)23/h3-17H2,1-2H3,(H,24,25)(H,27,28). The number of ether oxygens (including phenoxy) is 2. The van der Waals surface area contributed by atoms with Gasteiger partial charge in [-0.3, -0.25) is 14.4 Å². The van der Waals surface area contributed by atoms with Crippen LogP contribution in [0.25, 0.3) is 0 Å². The number of unbranched alkanes of at least 4 members (excludes halogenated alkanes) is 11. The number of hydrogen-bond acceptors (Lipinski definition) is 6. The van der Waals surface area contributed by atoms with Gasteiger partial charge in [-0.2, -0.15) is 0 Å². The predicted octanol–water partition coefficient (Wildman–Crippen LogP) is 4.48. The van der Waals surface area contributed by atoms with Crippen molar-refractivity contribution in [3.8, 4) is 0 Å². The molecule has 0 fully saturated rings. The van der Waals surface area contributed by atoms with Crippen LogP contribution in [0.2, 0.25) is 0 Å². The highest BCUT2D eigenvalue weighted by atomic mass is 16.6. The SMILES string of the molecule is CCCCCCCCCCCCCCOC(=O)CC(CC(=O)O)(OC(C)=O)C(=O)O. The zero-order valence-corrected chi connectivity index (χ0v) is 18.5. The Morgan fingerprint density at radius 3 is 1.60 bits per heavy atom. The minimum absolute atomic E-state index is 0.124. The summed E-state index contributed by atoms with van der Waals surface area (Å²) in [7, 11) is 0. The highest BCUT2D eigenvalue weighted by molar-refractivity contribution is 5.90. The summed E-state index contributed by atoms with van der Waals surface area (Å²) < 4.78 is 9.70. The molecule has 0 aliphatic carbocycles. The Morgan fingerprint density at radius 1 is 0.733 bits per heavy atom. The molecular formula is C22H38O8. The maximum Gasteiger partial charge on any atom is 0.349 e. The van der Waals surface area contributed by atoms with Crippen LogP contribution in [0.15, 0.2) is 0 Å². The van der Waals surface area contributed by atoms with Gasteiger partial charge in [-0.25, -0.2) is 4.79 Å². The molecule has 2 N–H and O–H groups in total. The second kappa shape index (κ2) is 16.7. The van der Waals surface area contributed by atoms with Crippen LogP contribution in [0.3, 0.4) is 0 Å². The summed E-state index contributed by atoms with van der Waals surface area (Å²) in [6.07, 6.45) is 12.2. The maximum atomic E-state index is 12.0. The van der Waals surface area contributed by atoms with Crippen LogP contribution in [0.1, 0.15) is 104 Å². The number of carbonyl (C=O) groups is 4. The summed E-state index contributed by atoms with van der Waals surface area (Å²) in [4.78, 5) is 45.6. The van der Waals surface area contributed by atoms with E-state index < -0.39 is 42.3 Å². The average molecular weight is 431 g/mol. The van der Waals surface area contributed by atoms with Crippen LogP contribution in [0.5, 0.6) is 0 Å². The van der Waals surface area contributed by atoms with Gasteiger partial charge in [0.25, 0.3) is 0 Å². The van der Waals surface area contributed by atoms with Gasteiger partial charge >= 0.3 is 23.9 Å². The molecule has 1 atom stereocenters. The van der Waals surface area contributed by atoms with Gasteiger partial charge in [0.05, 0.1) is 19.4 Å². The molecule has 0 spiro atoms. The molecule has 0 aromatic carbocycles. The fraction of sp³-hybridized carbons (Fsp3) is 0.818. The van der Waals surface area contributed by atoms with Crippen molar-refractivity contribution in [1.29, 1.82) is 0 Å². The number of esters is 2. The van der Waals surface area contributed by atoms with Gasteiger partial charge in [-0.05, 0) is 6.42 Å². The van der Waals surface area contributed by atoms with E-state index in [1.807, 2.05) is 0 Å². The Hall–Kier alpha value is -2.12. The summed E-state index contributed by atoms with van der Waals surface area (Å²) in [5.41, 5.74) is -2.45. The third kappa shape index (κ3) is 14.0. The van der Waals surface area contributed by atoms with E-state index in [0.29, 0.717) is 6.42 Å². The number of hydrogen-bond donors (Lipinski definition) is 2. The molecular weight excluding hydrogens is 392 g/mol. The fourth-order valence-corrected chi connectivity index (χ4v) is 3.26. The van der Waals surface area contributed by atoms with Gasteiger partial charge in [0, 0.05) is 6.92 Å². The van der Waals surface area contributed by atoms with Gasteiger partial charge < -0.3 is 19.7 Å². The third-order valence-electron chi connectivity index (χ3n) is 4.86. The highest BCUT2D eigenvalue weighted by Crippen LogP contribution is 2.23. The smallest absolute Gasteiger partial charge is 0.349 e. The number of carbonyl (C=O) groups excluding carboxylic acids is 2. The van der Waals surface area contributed by atoms with E-state index >= 15 is 0 Å². The van der Waals surface area contributed by atoms with E-state index in [9.17, 15) is 24.3 Å². The van der Waals surface area contributed by atoms with Crippen LogP contribution in [0.4, 0.5) is 0 Å². The second-order valence-corrected chi connectivity index (χ2v) is 7.75. The van der Waals surface area contributed by atoms with Crippen molar-refractivity contribution in [2.45, 2.75) is 109 Å². The summed E-state index contributed by atoms with van der Waals surface area (Å²) >= 11 is 0. The Kier molecular flexibility index (Phi) is 15.5. The molecule has 0 saturated carbocycles. The number of carboxylic acids is 2. The van der Waals surface area contributed by atoms with Gasteiger partial charge in [-0.15, -0.1) is 0 Å². The van der Waals surface area contributed by atoms with Crippen molar-refractivity contribution >= 4 is 23.9 Å². The van der Waals surface area contributed by atoms with Crippen molar-refractivity contribution in [3.63, 3.8) is 0 Å². The Labute approximate surface area is 179 Å². The summed E-state index contributed by atoms with van der Waals surface area (Å²) in [5, 5.41) is 18.2. The van der Waals surface area contributed by atoms with Gasteiger partial charge in [-0.1, -0.05) is 77.6 Å². The van der Waals surface area contributed by atoms with Gasteiger partial charge in [0.1, 0.15) is 0 Å². The molecule has 174 valence electrons. The number of aliphatic carboxylic acids is 2. The molecule has 0 rings (SSSR count). The third-order valence-corrected chi connectivity index (χ3v) is 4.86. The largest absolute Gasteiger partial charge is 0.481 e. The monoisotopic (exact) mass is 430 g/mol. The van der Waals surface area contributed by atoms with Crippen molar-refractivity contribution in [1.82, 2.24) is 0 Å². The molecule has 0 radical (unpaired) electrons. The van der Waals surface area contributed by atoms with Crippen molar-refractivity contribution in [3.05, 3.63) is 0 Å². The van der Waals surface area contributed by atoms with E-state index in [0.717, 1.165) is 26.2 Å². The predicted molar refractivity (Wildman–Crippen MR) is 111 cm³/mol. The topological polar surface area (TPSA) is 127 Å². The van der Waals surface area contributed by atoms with Crippen molar-refractivity contribution in [2.24, 2.45) is 0 Å². The van der Waals surface area contributed by atoms with Crippen molar-refractivity contribution < 1.29 is 38.9 Å². The first-order chi connectivity index (χ1) is 14.2. The molecule has 0 aromatic rings. The molecule has 0 saturated heterocycles. The number of rotatable bonds is 19. The Bertz CT molecular complexity index is 513. The van der Waals surface area contributed by atoms with E-state index in [-0.39, 0.29) is 6.61 Å². The Balaban J connectivity index is 3.99. The Morgan fingerprint density at radius 2 is 1.20 bits per heavy atom. The molecule has 0 aliphatic heterocycles. The summed E-state index contributed by atoms with van der Waals surface area (Å²) in [6, 6.07) is 0. The van der Waals surface area contributed by atoms with Crippen LogP contribution < -0.4 is 0 Å². The molecule has 0 amide bonds. The van der Waals surface area contributed by atoms with Crippen LogP contribution in [0, 0.1) is 0 Å². The number of carboxylic acid groups (broad SMARTS) is 2. The quantitative estimate of drug-likeness (QED) is 0.227. The van der Waals surface area contributed by atoms with E-state index in [1.165, 1.54) is 51.4 Å². The highest BCUT2D eigenvalue weighted by Gasteiger charge is 2.47. The van der Waals surface area contributed by atoms with Crippen LogP contribution in [-0.4, -0.2) is 46.3 Å². The molecule has 8 heteroatoms. The van der Waals surface area contributed by atoms with E-state index in [4.69, 9.17) is 9.84 Å². The first-order valence-corrected chi connectivity index (χ1v) is 11.0. The van der Waals surface area contributed by atoms with E-state index in [2.05, 4.69) is 11.7 Å². The minimum atomic E-state index is -2.45. The average Bonchev–Trinajstić information content (AvgIpc) is 2.64. The molecule has 0 heterocycles. The zero-order chi connectivity index (χ0) is 22.8. The minimum Gasteiger partial charge on any atom is -0.481 e. The lowest BCUT2D eigenvalue weighted by atomic mass is 9.95. The molecule has 0 aliphatic rings. The van der Waals surface area contributed by atoms with Gasteiger partial charge in [0.2, 0.25) is 5.60 Å². The van der Waals surface area contributed by atoms with E-state index in [1.54, 1.807) is 0 Å². The molecule has 30 heavy (non-hydrogen) atoms. The lowest BCUT2D eigenvalue weighted by molar-refractivity contribution is -0.185. The van der Waals surface area contributed by atoms with Crippen LogP contribution >= 0.6 is 0 Å². The lowest BCUT2D eigenvalue weighted by Crippen LogP contribution is -2.47. The first-order valence-electron chi connectivity index (χ1n) is 11.0. The lowest BCUT2D eigenvalue weighted by Gasteiger charge is -2.26. The normalized spacial score (nSPS) is 12.7. The molecule has 0 aromatic heterocycles. The maximum absolute atomic E-state index is 12.0. The second-order valence-electron chi connectivity index (χ2n) is 7.75. The molecule has 1 unspecified atom stereocenters. The summed E-state index contributed by atoms with van der Waals surface area (Å²) in [5.74, 6) is -5.06. The summed E-state index contributed by atoms with van der Waals surface area (Å²) in [6.45, 7) is 3.29. The van der Waals surface area contributed by atoms with Gasteiger partial charge in [0.15, 0.2) is 0 Å². The first kappa shape index (κ1) is 27.9. The molecule has 8 nitrogen and oxygen atoms in total. The zero-order valence-electron chi connectivity index (χ0n) is 18.5. The molecule has 0 bridgehead atoms. The van der Waals surface area contributed by atoms with Crippen molar-refractivity contribution in [2.75, 3.05) is 6.61 Å². The fourth-order valence-electron chi connectivity index (χ4n) is 3.26. The van der Waals surface area contributed by atoms with Crippen LogP contribution in [-0.2, 0) is 28.7 Å².